The number of carbonyl (C=O) groups is 1. The lowest BCUT2D eigenvalue weighted by atomic mass is 9.99. The van der Waals surface area contributed by atoms with Crippen LogP contribution in [0.2, 0.25) is 0 Å². The fourth-order valence-corrected chi connectivity index (χ4v) is 2.42. The summed E-state index contributed by atoms with van der Waals surface area (Å²) in [5.74, 6) is 6.97. The van der Waals surface area contributed by atoms with Gasteiger partial charge in [0, 0.05) is 18.0 Å². The van der Waals surface area contributed by atoms with Crippen molar-refractivity contribution in [2.45, 2.75) is 19.8 Å². The monoisotopic (exact) mass is 286 g/mol. The fraction of sp³-hybridized carbons (Fsp3) is 0.471. The van der Waals surface area contributed by atoms with E-state index < -0.39 is 0 Å². The average molecular weight is 286 g/mol. The van der Waals surface area contributed by atoms with E-state index in [1.807, 2.05) is 36.1 Å². The normalized spacial score (nSPS) is 18.1. The van der Waals surface area contributed by atoms with Gasteiger partial charge in [-0.25, -0.2) is 0 Å². The number of hydrogen-bond donors (Lipinski definition) is 1. The lowest BCUT2D eigenvalue weighted by Gasteiger charge is -2.30. The molecule has 4 nitrogen and oxygen atoms in total. The maximum absolute atomic E-state index is 12.0. The summed E-state index contributed by atoms with van der Waals surface area (Å²) in [6.07, 6.45) is 2.09. The van der Waals surface area contributed by atoms with E-state index in [4.69, 9.17) is 10.5 Å². The molecule has 0 radical (unpaired) electrons. The topological polar surface area (TPSA) is 55.6 Å². The van der Waals surface area contributed by atoms with Crippen molar-refractivity contribution in [2.75, 3.05) is 26.2 Å². The Kier molecular flexibility index (Phi) is 5.65. The summed E-state index contributed by atoms with van der Waals surface area (Å²) in [4.78, 5) is 13.9. The van der Waals surface area contributed by atoms with E-state index >= 15 is 0 Å². The molecule has 1 saturated heterocycles. The molecule has 0 aliphatic carbocycles. The predicted molar refractivity (Wildman–Crippen MR) is 82.8 cm³/mol. The number of nitrogens with two attached hydrogens (primary N) is 1. The summed E-state index contributed by atoms with van der Waals surface area (Å²) in [5, 5.41) is 0. The van der Waals surface area contributed by atoms with Gasteiger partial charge in [0.15, 0.2) is 0 Å². The van der Waals surface area contributed by atoms with Crippen LogP contribution in [0.5, 0.6) is 5.75 Å². The van der Waals surface area contributed by atoms with E-state index in [-0.39, 0.29) is 11.8 Å². The molecule has 1 aliphatic rings. The van der Waals surface area contributed by atoms with E-state index in [1.165, 1.54) is 0 Å². The number of benzene rings is 1. The van der Waals surface area contributed by atoms with Crippen molar-refractivity contribution < 1.29 is 9.53 Å². The Labute approximate surface area is 126 Å². The van der Waals surface area contributed by atoms with Crippen LogP contribution in [0, 0.1) is 17.8 Å². The van der Waals surface area contributed by atoms with E-state index in [0.29, 0.717) is 19.7 Å². The number of nitrogens with zero attached hydrogens (tertiary/aromatic N) is 1. The summed E-state index contributed by atoms with van der Waals surface area (Å²) < 4.78 is 5.69. The SMILES string of the molecule is CC1CCCN(CCOc2ccc(C#CCN)cc2)C1=O. The second-order valence-corrected chi connectivity index (χ2v) is 5.25. The highest BCUT2D eigenvalue weighted by Gasteiger charge is 2.24. The highest BCUT2D eigenvalue weighted by Crippen LogP contribution is 2.17. The lowest BCUT2D eigenvalue weighted by Crippen LogP contribution is -2.42. The van der Waals surface area contributed by atoms with Crippen LogP contribution in [-0.2, 0) is 4.79 Å². The molecule has 1 fully saturated rings. The molecule has 21 heavy (non-hydrogen) atoms. The number of hydrogen-bond acceptors (Lipinski definition) is 3. The molecule has 1 aliphatic heterocycles. The van der Waals surface area contributed by atoms with Crippen molar-refractivity contribution in [3.8, 4) is 17.6 Å². The summed E-state index contributed by atoms with van der Waals surface area (Å²) in [7, 11) is 0. The smallest absolute Gasteiger partial charge is 0.225 e. The number of ether oxygens (including phenoxy) is 1. The zero-order chi connectivity index (χ0) is 15.1. The van der Waals surface area contributed by atoms with E-state index in [9.17, 15) is 4.79 Å². The number of carbonyl (C=O) groups excluding carboxylic acids is 1. The molecule has 4 heteroatoms. The molecule has 1 aromatic rings. The van der Waals surface area contributed by atoms with Crippen LogP contribution in [0.1, 0.15) is 25.3 Å². The Balaban J connectivity index is 1.79. The second kappa shape index (κ2) is 7.70. The molecule has 2 N–H and O–H groups in total. The average Bonchev–Trinajstić information content (AvgIpc) is 2.51. The quantitative estimate of drug-likeness (QED) is 0.856. The maximum Gasteiger partial charge on any atom is 0.225 e. The predicted octanol–water partition coefficient (Wildman–Crippen LogP) is 1.63. The molecule has 0 saturated carbocycles. The minimum atomic E-state index is 0.152. The fourth-order valence-electron chi connectivity index (χ4n) is 2.42. The zero-order valence-electron chi connectivity index (χ0n) is 12.5. The first-order valence-electron chi connectivity index (χ1n) is 7.41. The Morgan fingerprint density at radius 3 is 2.86 bits per heavy atom. The number of amides is 1. The van der Waals surface area contributed by atoms with Gasteiger partial charge in [0.2, 0.25) is 5.91 Å². The third-order valence-corrected chi connectivity index (χ3v) is 3.62. The third kappa shape index (κ3) is 4.51. The van der Waals surface area contributed by atoms with Gasteiger partial charge in [-0.1, -0.05) is 18.8 Å². The van der Waals surface area contributed by atoms with Gasteiger partial charge in [-0.05, 0) is 37.1 Å². The van der Waals surface area contributed by atoms with E-state index in [2.05, 4.69) is 11.8 Å². The summed E-state index contributed by atoms with van der Waals surface area (Å²) in [6, 6.07) is 7.60. The summed E-state index contributed by atoms with van der Waals surface area (Å²) in [5.41, 5.74) is 6.26. The molecule has 0 bridgehead atoms. The van der Waals surface area contributed by atoms with E-state index in [1.54, 1.807) is 0 Å². The lowest BCUT2D eigenvalue weighted by molar-refractivity contribution is -0.138. The molecule has 1 unspecified atom stereocenters. The largest absolute Gasteiger partial charge is 0.492 e. The molecule has 2 rings (SSSR count). The van der Waals surface area contributed by atoms with Crippen molar-refractivity contribution in [3.63, 3.8) is 0 Å². The Hall–Kier alpha value is -1.99. The van der Waals surface area contributed by atoms with Crippen molar-refractivity contribution >= 4 is 5.91 Å². The minimum Gasteiger partial charge on any atom is -0.492 e. The molecule has 1 aromatic carbocycles. The first-order valence-corrected chi connectivity index (χ1v) is 7.41. The first kappa shape index (κ1) is 15.4. The number of likely N-dealkylation sites (tertiary alicyclic amines) is 1. The Morgan fingerprint density at radius 2 is 2.14 bits per heavy atom. The van der Waals surface area contributed by atoms with E-state index in [0.717, 1.165) is 30.7 Å². The Bertz CT molecular complexity index is 528. The van der Waals surface area contributed by atoms with Crippen LogP contribution in [0.4, 0.5) is 0 Å². The maximum atomic E-state index is 12.0. The van der Waals surface area contributed by atoms with Crippen LogP contribution in [0.15, 0.2) is 24.3 Å². The highest BCUT2D eigenvalue weighted by molar-refractivity contribution is 5.79. The molecule has 1 amide bonds. The molecular weight excluding hydrogens is 264 g/mol. The molecular formula is C17H22N2O2. The van der Waals surface area contributed by atoms with Gasteiger partial charge in [0.25, 0.3) is 0 Å². The van der Waals surface area contributed by atoms with Crippen LogP contribution < -0.4 is 10.5 Å². The molecule has 112 valence electrons. The van der Waals surface area contributed by atoms with Crippen LogP contribution >= 0.6 is 0 Å². The van der Waals surface area contributed by atoms with Crippen LogP contribution in [0.25, 0.3) is 0 Å². The zero-order valence-corrected chi connectivity index (χ0v) is 12.5. The minimum absolute atomic E-state index is 0.152. The van der Waals surface area contributed by atoms with Crippen molar-refractivity contribution in [3.05, 3.63) is 29.8 Å². The van der Waals surface area contributed by atoms with Crippen molar-refractivity contribution in [2.24, 2.45) is 11.7 Å². The molecule has 0 spiro atoms. The summed E-state index contributed by atoms with van der Waals surface area (Å²) >= 11 is 0. The van der Waals surface area contributed by atoms with Gasteiger partial charge in [0.05, 0.1) is 13.1 Å². The molecule has 0 aromatic heterocycles. The van der Waals surface area contributed by atoms with Crippen LogP contribution in [-0.4, -0.2) is 37.0 Å². The highest BCUT2D eigenvalue weighted by atomic mass is 16.5. The Morgan fingerprint density at radius 1 is 1.38 bits per heavy atom. The second-order valence-electron chi connectivity index (χ2n) is 5.25. The van der Waals surface area contributed by atoms with Gasteiger partial charge >= 0.3 is 0 Å². The standard InChI is InChI=1S/C17H22N2O2/c1-14-4-3-11-19(17(14)20)12-13-21-16-8-6-15(7-9-16)5-2-10-18/h6-9,14H,3-4,10-13,18H2,1H3. The number of rotatable bonds is 4. The van der Waals surface area contributed by atoms with Crippen molar-refractivity contribution in [1.82, 2.24) is 4.90 Å². The van der Waals surface area contributed by atoms with Gasteiger partial charge in [-0.15, -0.1) is 0 Å². The van der Waals surface area contributed by atoms with Crippen molar-refractivity contribution in [1.29, 1.82) is 0 Å². The molecule has 1 heterocycles. The first-order chi connectivity index (χ1) is 10.2. The van der Waals surface area contributed by atoms with Gasteiger partial charge < -0.3 is 15.4 Å². The van der Waals surface area contributed by atoms with Gasteiger partial charge in [0.1, 0.15) is 12.4 Å². The number of piperidine rings is 1. The van der Waals surface area contributed by atoms with Crippen LogP contribution in [0.3, 0.4) is 0 Å². The van der Waals surface area contributed by atoms with Gasteiger partial charge in [-0.2, -0.15) is 0 Å². The van der Waals surface area contributed by atoms with Gasteiger partial charge in [-0.3, -0.25) is 4.79 Å². The third-order valence-electron chi connectivity index (χ3n) is 3.62. The summed E-state index contributed by atoms with van der Waals surface area (Å²) in [6.45, 7) is 4.38. The molecule has 1 atom stereocenters.